The van der Waals surface area contributed by atoms with Gasteiger partial charge in [0.2, 0.25) is 5.91 Å². The van der Waals surface area contributed by atoms with E-state index in [2.05, 4.69) is 19.8 Å². The van der Waals surface area contributed by atoms with Gasteiger partial charge in [-0.2, -0.15) is 0 Å². The fraction of sp³-hybridized carbons (Fsp3) is 0.769. The standard InChI is InChI=1S/C13H21NO/c1-5-8-14(9-12-6-7-12)13(15)11(4)10(2)3/h1,10-12H,6-9H2,2-4H3. The third kappa shape index (κ3) is 3.58. The van der Waals surface area contributed by atoms with Crippen molar-refractivity contribution in [3.63, 3.8) is 0 Å². The molecule has 1 aliphatic rings. The lowest BCUT2D eigenvalue weighted by Crippen LogP contribution is -2.38. The van der Waals surface area contributed by atoms with Crippen molar-refractivity contribution in [2.75, 3.05) is 13.1 Å². The number of amides is 1. The summed E-state index contributed by atoms with van der Waals surface area (Å²) in [6, 6.07) is 0. The highest BCUT2D eigenvalue weighted by Crippen LogP contribution is 2.30. The first-order valence-corrected chi connectivity index (χ1v) is 5.78. The summed E-state index contributed by atoms with van der Waals surface area (Å²) < 4.78 is 0. The zero-order valence-corrected chi connectivity index (χ0v) is 9.99. The van der Waals surface area contributed by atoms with Gasteiger partial charge < -0.3 is 4.90 Å². The third-order valence-corrected chi connectivity index (χ3v) is 3.16. The molecule has 1 aliphatic carbocycles. The summed E-state index contributed by atoms with van der Waals surface area (Å²) in [7, 11) is 0. The highest BCUT2D eigenvalue weighted by molar-refractivity contribution is 5.79. The molecule has 0 aliphatic heterocycles. The highest BCUT2D eigenvalue weighted by Gasteiger charge is 2.29. The fourth-order valence-electron chi connectivity index (χ4n) is 1.53. The molecule has 1 saturated carbocycles. The van der Waals surface area contributed by atoms with Gasteiger partial charge >= 0.3 is 0 Å². The zero-order valence-electron chi connectivity index (χ0n) is 9.99. The van der Waals surface area contributed by atoms with E-state index in [4.69, 9.17) is 6.42 Å². The molecule has 1 rings (SSSR count). The van der Waals surface area contributed by atoms with E-state index in [-0.39, 0.29) is 11.8 Å². The van der Waals surface area contributed by atoms with E-state index in [0.29, 0.717) is 18.4 Å². The first-order valence-electron chi connectivity index (χ1n) is 5.78. The zero-order chi connectivity index (χ0) is 11.4. The van der Waals surface area contributed by atoms with Crippen LogP contribution in [0.2, 0.25) is 0 Å². The molecule has 2 heteroatoms. The number of carbonyl (C=O) groups excluding carboxylic acids is 1. The lowest BCUT2D eigenvalue weighted by Gasteiger charge is -2.25. The summed E-state index contributed by atoms with van der Waals surface area (Å²) >= 11 is 0. The minimum absolute atomic E-state index is 0.0806. The first kappa shape index (κ1) is 12.1. The van der Waals surface area contributed by atoms with Gasteiger partial charge in [0, 0.05) is 12.5 Å². The predicted molar refractivity (Wildman–Crippen MR) is 62.1 cm³/mol. The summed E-state index contributed by atoms with van der Waals surface area (Å²) in [5.74, 6) is 3.97. The Morgan fingerprint density at radius 2 is 2.07 bits per heavy atom. The number of carbonyl (C=O) groups is 1. The molecule has 0 N–H and O–H groups in total. The van der Waals surface area contributed by atoms with Crippen LogP contribution in [0.25, 0.3) is 0 Å². The van der Waals surface area contributed by atoms with Crippen molar-refractivity contribution in [3.8, 4) is 12.3 Å². The van der Waals surface area contributed by atoms with Crippen molar-refractivity contribution in [1.29, 1.82) is 0 Å². The molecule has 0 aromatic rings. The van der Waals surface area contributed by atoms with Gasteiger partial charge in [-0.05, 0) is 24.7 Å². The third-order valence-electron chi connectivity index (χ3n) is 3.16. The highest BCUT2D eigenvalue weighted by atomic mass is 16.2. The van der Waals surface area contributed by atoms with Crippen molar-refractivity contribution >= 4 is 5.91 Å². The molecule has 0 spiro atoms. The Morgan fingerprint density at radius 1 is 1.47 bits per heavy atom. The van der Waals surface area contributed by atoms with E-state index in [9.17, 15) is 4.79 Å². The van der Waals surface area contributed by atoms with E-state index in [0.717, 1.165) is 6.54 Å². The van der Waals surface area contributed by atoms with Gasteiger partial charge in [-0.3, -0.25) is 4.79 Å². The number of rotatable bonds is 5. The Bertz CT molecular complexity index is 260. The van der Waals surface area contributed by atoms with E-state index in [1.807, 2.05) is 11.8 Å². The van der Waals surface area contributed by atoms with Gasteiger partial charge in [-0.1, -0.05) is 26.7 Å². The second-order valence-electron chi connectivity index (χ2n) is 4.90. The van der Waals surface area contributed by atoms with Crippen molar-refractivity contribution in [3.05, 3.63) is 0 Å². The van der Waals surface area contributed by atoms with Crippen molar-refractivity contribution in [2.45, 2.75) is 33.6 Å². The van der Waals surface area contributed by atoms with Crippen LogP contribution in [-0.4, -0.2) is 23.9 Å². The van der Waals surface area contributed by atoms with Gasteiger partial charge in [0.25, 0.3) is 0 Å². The average molecular weight is 207 g/mol. The number of nitrogens with zero attached hydrogens (tertiary/aromatic N) is 1. The van der Waals surface area contributed by atoms with E-state index >= 15 is 0 Å². The number of terminal acetylenes is 1. The Kier molecular flexibility index (Phi) is 4.20. The van der Waals surface area contributed by atoms with Gasteiger partial charge in [0.05, 0.1) is 6.54 Å². The van der Waals surface area contributed by atoms with E-state index < -0.39 is 0 Å². The van der Waals surface area contributed by atoms with Crippen molar-refractivity contribution in [2.24, 2.45) is 17.8 Å². The molecule has 1 amide bonds. The van der Waals surface area contributed by atoms with Crippen LogP contribution in [0.4, 0.5) is 0 Å². The summed E-state index contributed by atoms with van der Waals surface area (Å²) in [6.07, 6.45) is 7.80. The maximum Gasteiger partial charge on any atom is 0.226 e. The van der Waals surface area contributed by atoms with Crippen LogP contribution in [0.3, 0.4) is 0 Å². The molecule has 0 saturated heterocycles. The van der Waals surface area contributed by atoms with Gasteiger partial charge in [0.15, 0.2) is 0 Å². The number of hydrogen-bond acceptors (Lipinski definition) is 1. The number of hydrogen-bond donors (Lipinski definition) is 0. The monoisotopic (exact) mass is 207 g/mol. The molecule has 2 nitrogen and oxygen atoms in total. The van der Waals surface area contributed by atoms with Crippen LogP contribution in [0.1, 0.15) is 33.6 Å². The molecule has 1 atom stereocenters. The molecule has 0 heterocycles. The smallest absolute Gasteiger partial charge is 0.226 e. The molecule has 15 heavy (non-hydrogen) atoms. The summed E-state index contributed by atoms with van der Waals surface area (Å²) in [6.45, 7) is 7.47. The topological polar surface area (TPSA) is 20.3 Å². The van der Waals surface area contributed by atoms with Crippen LogP contribution >= 0.6 is 0 Å². The Hall–Kier alpha value is -0.970. The van der Waals surface area contributed by atoms with Gasteiger partial charge in [-0.15, -0.1) is 6.42 Å². The fourth-order valence-corrected chi connectivity index (χ4v) is 1.53. The Morgan fingerprint density at radius 3 is 2.47 bits per heavy atom. The largest absolute Gasteiger partial charge is 0.331 e. The summed E-state index contributed by atoms with van der Waals surface area (Å²) in [5.41, 5.74) is 0. The van der Waals surface area contributed by atoms with Crippen LogP contribution in [0.5, 0.6) is 0 Å². The molecule has 1 unspecified atom stereocenters. The molecule has 1 fully saturated rings. The molecule has 0 bridgehead atoms. The van der Waals surface area contributed by atoms with Crippen LogP contribution in [-0.2, 0) is 4.79 Å². The SMILES string of the molecule is C#CCN(CC1CC1)C(=O)C(C)C(C)C. The lowest BCUT2D eigenvalue weighted by molar-refractivity contribution is -0.135. The molecular weight excluding hydrogens is 186 g/mol. The van der Waals surface area contributed by atoms with Gasteiger partial charge in [0.1, 0.15) is 0 Å². The maximum atomic E-state index is 12.1. The molecule has 84 valence electrons. The van der Waals surface area contributed by atoms with Crippen molar-refractivity contribution in [1.82, 2.24) is 4.90 Å². The predicted octanol–water partition coefficient (Wildman–Crippen LogP) is 2.15. The summed E-state index contributed by atoms with van der Waals surface area (Å²) in [5, 5.41) is 0. The molecule has 0 radical (unpaired) electrons. The molecule has 0 aromatic heterocycles. The first-order chi connectivity index (χ1) is 7.06. The van der Waals surface area contributed by atoms with Gasteiger partial charge in [-0.25, -0.2) is 0 Å². The van der Waals surface area contributed by atoms with E-state index in [1.54, 1.807) is 0 Å². The summed E-state index contributed by atoms with van der Waals surface area (Å²) in [4.78, 5) is 13.9. The van der Waals surface area contributed by atoms with Crippen molar-refractivity contribution < 1.29 is 4.79 Å². The lowest BCUT2D eigenvalue weighted by atomic mass is 9.96. The Balaban J connectivity index is 2.53. The normalized spacial score (nSPS) is 17.3. The van der Waals surface area contributed by atoms with Crippen LogP contribution in [0, 0.1) is 30.1 Å². The minimum atomic E-state index is 0.0806. The quantitative estimate of drug-likeness (QED) is 0.633. The maximum absolute atomic E-state index is 12.1. The average Bonchev–Trinajstić information content (AvgIpc) is 2.98. The second-order valence-corrected chi connectivity index (χ2v) is 4.90. The molecular formula is C13H21NO. The Labute approximate surface area is 93.0 Å². The molecule has 0 aromatic carbocycles. The van der Waals surface area contributed by atoms with E-state index in [1.165, 1.54) is 12.8 Å². The second kappa shape index (κ2) is 5.21. The van der Waals surface area contributed by atoms with Crippen LogP contribution in [0.15, 0.2) is 0 Å². The van der Waals surface area contributed by atoms with Crippen LogP contribution < -0.4 is 0 Å². The minimum Gasteiger partial charge on any atom is -0.331 e.